The maximum Gasteiger partial charge on any atom is 0.416 e. The lowest BCUT2D eigenvalue weighted by Gasteiger charge is -2.26. The van der Waals surface area contributed by atoms with E-state index in [1.54, 1.807) is 6.07 Å². The first-order valence-electron chi connectivity index (χ1n) is 9.22. The van der Waals surface area contributed by atoms with Gasteiger partial charge in [0.1, 0.15) is 5.82 Å². The third kappa shape index (κ3) is 5.34. The van der Waals surface area contributed by atoms with Gasteiger partial charge in [0.25, 0.3) is 0 Å². The Morgan fingerprint density at radius 3 is 2.55 bits per heavy atom. The van der Waals surface area contributed by atoms with Gasteiger partial charge in [-0.15, -0.1) is 0 Å². The molecule has 1 saturated heterocycles. The van der Waals surface area contributed by atoms with Crippen molar-refractivity contribution in [2.75, 3.05) is 13.1 Å². The highest BCUT2D eigenvalue weighted by Crippen LogP contribution is 2.31. The van der Waals surface area contributed by atoms with E-state index in [1.807, 2.05) is 0 Å². The molecule has 1 N–H and O–H groups in total. The minimum atomic E-state index is -4.53. The average molecular weight is 408 g/mol. The summed E-state index contributed by atoms with van der Waals surface area (Å²) in [7, 11) is 0. The molecule has 4 nitrogen and oxygen atoms in total. The molecule has 0 spiro atoms. The van der Waals surface area contributed by atoms with Crippen LogP contribution in [-0.4, -0.2) is 29.8 Å². The maximum atomic E-state index is 13.8. The molecular weight excluding hydrogens is 388 g/mol. The van der Waals surface area contributed by atoms with E-state index in [0.29, 0.717) is 19.4 Å². The second kappa shape index (κ2) is 8.63. The van der Waals surface area contributed by atoms with Crippen molar-refractivity contribution in [1.29, 1.82) is 0 Å². The quantitative estimate of drug-likeness (QED) is 0.738. The molecule has 1 atom stereocenters. The molecule has 0 aromatic heterocycles. The van der Waals surface area contributed by atoms with Gasteiger partial charge in [0.05, 0.1) is 18.0 Å². The Balaban J connectivity index is 1.82. The van der Waals surface area contributed by atoms with Gasteiger partial charge in [-0.3, -0.25) is 9.59 Å². The van der Waals surface area contributed by atoms with Crippen molar-refractivity contribution < 1.29 is 27.2 Å². The Labute approximate surface area is 165 Å². The molecule has 29 heavy (non-hydrogen) atoms. The molecule has 1 aliphatic heterocycles. The highest BCUT2D eigenvalue weighted by atomic mass is 19.4. The number of carbonyl (C=O) groups excluding carboxylic acids is 2. The van der Waals surface area contributed by atoms with Crippen molar-refractivity contribution >= 4 is 11.8 Å². The van der Waals surface area contributed by atoms with Gasteiger partial charge in [-0.2, -0.15) is 13.2 Å². The molecule has 1 aliphatic rings. The molecule has 8 heteroatoms. The topological polar surface area (TPSA) is 49.4 Å². The number of likely N-dealkylation sites (tertiary alicyclic amines) is 1. The predicted molar refractivity (Wildman–Crippen MR) is 98.2 cm³/mol. The van der Waals surface area contributed by atoms with Crippen LogP contribution in [-0.2, 0) is 22.2 Å². The fourth-order valence-electron chi connectivity index (χ4n) is 3.34. The molecule has 0 aliphatic carbocycles. The van der Waals surface area contributed by atoms with Crippen LogP contribution in [0.25, 0.3) is 0 Å². The lowest BCUT2D eigenvalue weighted by Crippen LogP contribution is -2.39. The highest BCUT2D eigenvalue weighted by molar-refractivity contribution is 5.80. The lowest BCUT2D eigenvalue weighted by atomic mass is 10.0. The summed E-state index contributed by atoms with van der Waals surface area (Å²) in [5, 5.41) is 2.67. The first-order valence-corrected chi connectivity index (χ1v) is 9.22. The van der Waals surface area contributed by atoms with Crippen molar-refractivity contribution in [3.05, 3.63) is 71.0 Å². The van der Waals surface area contributed by atoms with Crippen LogP contribution in [0.3, 0.4) is 0 Å². The third-order valence-electron chi connectivity index (χ3n) is 4.83. The molecule has 1 heterocycles. The van der Waals surface area contributed by atoms with Crippen LogP contribution < -0.4 is 5.32 Å². The maximum absolute atomic E-state index is 13.8. The normalized spacial score (nSPS) is 15.4. The van der Waals surface area contributed by atoms with Gasteiger partial charge in [0.15, 0.2) is 0 Å². The summed E-state index contributed by atoms with van der Waals surface area (Å²) in [6.07, 6.45) is -3.74. The van der Waals surface area contributed by atoms with Gasteiger partial charge >= 0.3 is 6.18 Å². The summed E-state index contributed by atoms with van der Waals surface area (Å²) in [4.78, 5) is 26.0. The van der Waals surface area contributed by atoms with Crippen LogP contribution in [0.15, 0.2) is 48.5 Å². The second-order valence-corrected chi connectivity index (χ2v) is 6.95. The Morgan fingerprint density at radius 1 is 1.14 bits per heavy atom. The van der Waals surface area contributed by atoms with Crippen LogP contribution in [0.2, 0.25) is 0 Å². The number of hydrogen-bond donors (Lipinski definition) is 1. The van der Waals surface area contributed by atoms with Gasteiger partial charge in [0.2, 0.25) is 11.8 Å². The van der Waals surface area contributed by atoms with E-state index in [-0.39, 0.29) is 30.0 Å². The van der Waals surface area contributed by atoms with Crippen LogP contribution in [0, 0.1) is 5.82 Å². The standard InChI is InChI=1S/C21H20F4N2O2/c22-17-8-2-1-5-14(17)12-19(28)26-18(13-27-10-4-9-20(27)29)15-6-3-7-16(11-15)21(23,24)25/h1-3,5-8,11,18H,4,9-10,12-13H2,(H,26,28). The molecular formula is C21H20F4N2O2. The molecule has 1 unspecified atom stereocenters. The summed E-state index contributed by atoms with van der Waals surface area (Å²) in [6, 6.07) is 9.62. The van der Waals surface area contributed by atoms with E-state index in [4.69, 9.17) is 0 Å². The summed E-state index contributed by atoms with van der Waals surface area (Å²) in [5.41, 5.74) is -0.414. The van der Waals surface area contributed by atoms with Gasteiger partial charge in [-0.05, 0) is 35.7 Å². The fraction of sp³-hybridized carbons (Fsp3) is 0.333. The number of benzene rings is 2. The zero-order chi connectivity index (χ0) is 21.0. The monoisotopic (exact) mass is 408 g/mol. The number of alkyl halides is 3. The Bertz CT molecular complexity index is 898. The number of nitrogens with one attached hydrogen (secondary N) is 1. The van der Waals surface area contributed by atoms with Gasteiger partial charge in [0, 0.05) is 19.5 Å². The molecule has 2 aromatic rings. The second-order valence-electron chi connectivity index (χ2n) is 6.95. The van der Waals surface area contributed by atoms with Crippen molar-refractivity contribution in [3.8, 4) is 0 Å². The first kappa shape index (κ1) is 20.8. The Hall–Kier alpha value is -2.90. The smallest absolute Gasteiger partial charge is 0.347 e. The SMILES string of the molecule is O=C(Cc1ccccc1F)NC(CN1CCCC1=O)c1cccc(C(F)(F)F)c1. The predicted octanol–water partition coefficient (Wildman–Crippen LogP) is 3.87. The van der Waals surface area contributed by atoms with Crippen LogP contribution >= 0.6 is 0 Å². The Kier molecular flexibility index (Phi) is 6.20. The zero-order valence-electron chi connectivity index (χ0n) is 15.5. The van der Waals surface area contributed by atoms with Crippen molar-refractivity contribution in [1.82, 2.24) is 10.2 Å². The van der Waals surface area contributed by atoms with E-state index in [2.05, 4.69) is 5.32 Å². The van der Waals surface area contributed by atoms with Crippen LogP contribution in [0.4, 0.5) is 17.6 Å². The molecule has 1 fully saturated rings. The number of hydrogen-bond acceptors (Lipinski definition) is 2. The van der Waals surface area contributed by atoms with E-state index in [0.717, 1.165) is 12.1 Å². The van der Waals surface area contributed by atoms with Crippen molar-refractivity contribution in [3.63, 3.8) is 0 Å². The molecule has 0 saturated carbocycles. The molecule has 2 amide bonds. The minimum Gasteiger partial charge on any atom is -0.347 e. The van der Waals surface area contributed by atoms with Crippen molar-refractivity contribution in [2.45, 2.75) is 31.5 Å². The number of nitrogens with zero attached hydrogens (tertiary/aromatic N) is 1. The van der Waals surface area contributed by atoms with E-state index in [1.165, 1.54) is 35.2 Å². The molecule has 0 radical (unpaired) electrons. The Morgan fingerprint density at radius 2 is 1.90 bits per heavy atom. The minimum absolute atomic E-state index is 0.0587. The van der Waals surface area contributed by atoms with Gasteiger partial charge in [-0.25, -0.2) is 4.39 Å². The highest BCUT2D eigenvalue weighted by Gasteiger charge is 2.32. The fourth-order valence-corrected chi connectivity index (χ4v) is 3.34. The largest absolute Gasteiger partial charge is 0.416 e. The number of carbonyl (C=O) groups is 2. The van der Waals surface area contributed by atoms with E-state index in [9.17, 15) is 27.2 Å². The molecule has 2 aromatic carbocycles. The van der Waals surface area contributed by atoms with E-state index < -0.39 is 29.5 Å². The van der Waals surface area contributed by atoms with E-state index >= 15 is 0 Å². The van der Waals surface area contributed by atoms with Crippen LogP contribution in [0.5, 0.6) is 0 Å². The molecule has 154 valence electrons. The summed E-state index contributed by atoms with van der Waals surface area (Å²) in [6.45, 7) is 0.542. The number of amides is 2. The first-order chi connectivity index (χ1) is 13.7. The summed E-state index contributed by atoms with van der Waals surface area (Å²) >= 11 is 0. The zero-order valence-corrected chi connectivity index (χ0v) is 15.5. The third-order valence-corrected chi connectivity index (χ3v) is 4.83. The summed E-state index contributed by atoms with van der Waals surface area (Å²) < 4.78 is 53.1. The van der Waals surface area contributed by atoms with Gasteiger partial charge in [-0.1, -0.05) is 30.3 Å². The summed E-state index contributed by atoms with van der Waals surface area (Å²) in [5.74, 6) is -1.18. The number of rotatable bonds is 6. The average Bonchev–Trinajstić information content (AvgIpc) is 3.07. The van der Waals surface area contributed by atoms with Gasteiger partial charge < -0.3 is 10.2 Å². The lowest BCUT2D eigenvalue weighted by molar-refractivity contribution is -0.137. The van der Waals surface area contributed by atoms with Crippen LogP contribution in [0.1, 0.15) is 35.6 Å². The molecule has 3 rings (SSSR count). The van der Waals surface area contributed by atoms with Crippen molar-refractivity contribution in [2.24, 2.45) is 0 Å². The molecule has 0 bridgehead atoms. The number of halogens is 4.